The lowest BCUT2D eigenvalue weighted by Crippen LogP contribution is -1.93. The number of anilines is 1. The smallest absolute Gasteiger partial charge is 0.227 e. The molecule has 0 saturated heterocycles. The molecule has 2 N–H and O–H groups in total. The number of aryl methyl sites for hydroxylation is 3. The largest absolute Gasteiger partial charge is 0.375 e. The molecule has 0 aliphatic carbocycles. The number of nitrogens with zero attached hydrogens (tertiary/aromatic N) is 5. The molecule has 3 heterocycles. The van der Waals surface area contributed by atoms with E-state index in [2.05, 4.69) is 20.1 Å². The summed E-state index contributed by atoms with van der Waals surface area (Å²) in [6, 6.07) is 0. The number of nitrogens with two attached hydrogens (primary N) is 1. The Hall–Kier alpha value is -2.22. The van der Waals surface area contributed by atoms with Crippen LogP contribution in [0, 0.1) is 0 Å². The normalized spacial score (nSPS) is 11.0. The first kappa shape index (κ1) is 11.8. The third-order valence-electron chi connectivity index (χ3n) is 2.57. The van der Waals surface area contributed by atoms with Gasteiger partial charge in [-0.05, 0) is 6.42 Å². The van der Waals surface area contributed by atoms with E-state index in [1.54, 1.807) is 6.33 Å². The summed E-state index contributed by atoms with van der Waals surface area (Å²) in [5.41, 5.74) is 7.22. The van der Waals surface area contributed by atoms with Crippen molar-refractivity contribution in [3.8, 4) is 11.5 Å². The zero-order valence-corrected chi connectivity index (χ0v) is 11.1. The third-order valence-corrected chi connectivity index (χ3v) is 3.29. The molecule has 19 heavy (non-hydrogen) atoms. The van der Waals surface area contributed by atoms with Crippen molar-refractivity contribution in [3.05, 3.63) is 29.5 Å². The zero-order valence-electron chi connectivity index (χ0n) is 10.3. The van der Waals surface area contributed by atoms with Crippen molar-refractivity contribution in [2.45, 2.75) is 12.8 Å². The van der Waals surface area contributed by atoms with E-state index in [9.17, 15) is 0 Å². The minimum atomic E-state index is 0.508. The molecule has 3 rings (SSSR count). The number of hydrogen-bond acceptors (Lipinski definition) is 7. The van der Waals surface area contributed by atoms with Gasteiger partial charge in [0.05, 0.1) is 12.0 Å². The molecule has 98 valence electrons. The molecule has 0 bridgehead atoms. The number of hydrogen-bond donors (Lipinski definition) is 1. The Morgan fingerprint density at radius 3 is 2.95 bits per heavy atom. The molecular formula is C11H12N6OS. The van der Waals surface area contributed by atoms with E-state index < -0.39 is 0 Å². The van der Waals surface area contributed by atoms with Gasteiger partial charge in [0.1, 0.15) is 5.69 Å². The Labute approximate surface area is 113 Å². The van der Waals surface area contributed by atoms with Crippen molar-refractivity contribution in [2.24, 2.45) is 7.05 Å². The predicted molar refractivity (Wildman–Crippen MR) is 70.4 cm³/mol. The third kappa shape index (κ3) is 2.63. The van der Waals surface area contributed by atoms with Gasteiger partial charge in [-0.2, -0.15) is 4.98 Å². The Morgan fingerprint density at radius 1 is 1.37 bits per heavy atom. The summed E-state index contributed by atoms with van der Waals surface area (Å²) in [5, 5.41) is 6.43. The highest BCUT2D eigenvalue weighted by Gasteiger charge is 2.11. The monoisotopic (exact) mass is 276 g/mol. The van der Waals surface area contributed by atoms with Crippen LogP contribution in [0.5, 0.6) is 0 Å². The molecule has 0 unspecified atom stereocenters. The topological polar surface area (TPSA) is 95.7 Å². The second kappa shape index (κ2) is 4.81. The van der Waals surface area contributed by atoms with Crippen LogP contribution in [0.1, 0.15) is 11.6 Å². The molecule has 0 amide bonds. The molecule has 0 aliphatic heterocycles. The van der Waals surface area contributed by atoms with Gasteiger partial charge in [-0.15, -0.1) is 11.3 Å². The van der Waals surface area contributed by atoms with Crippen molar-refractivity contribution in [2.75, 3.05) is 5.73 Å². The van der Waals surface area contributed by atoms with Crippen molar-refractivity contribution in [3.63, 3.8) is 0 Å². The summed E-state index contributed by atoms with van der Waals surface area (Å²) in [5.74, 6) is 1.08. The van der Waals surface area contributed by atoms with Crippen LogP contribution in [-0.4, -0.2) is 24.7 Å². The van der Waals surface area contributed by atoms with Crippen LogP contribution < -0.4 is 5.73 Å². The van der Waals surface area contributed by atoms with E-state index in [0.29, 0.717) is 29.0 Å². The molecule has 0 aliphatic rings. The summed E-state index contributed by atoms with van der Waals surface area (Å²) in [4.78, 5) is 12.7. The SMILES string of the molecule is Cn1cnc(-c2noc(CCc3csc(N)n3)n2)c1. The van der Waals surface area contributed by atoms with Gasteiger partial charge in [0.25, 0.3) is 0 Å². The Balaban J connectivity index is 1.68. The summed E-state index contributed by atoms with van der Waals surface area (Å²) in [7, 11) is 1.89. The highest BCUT2D eigenvalue weighted by Crippen LogP contribution is 2.15. The maximum atomic E-state index is 5.58. The molecular weight excluding hydrogens is 264 g/mol. The predicted octanol–water partition coefficient (Wildman–Crippen LogP) is 1.29. The van der Waals surface area contributed by atoms with E-state index in [1.165, 1.54) is 11.3 Å². The van der Waals surface area contributed by atoms with Crippen LogP contribution in [0.15, 0.2) is 22.4 Å². The summed E-state index contributed by atoms with van der Waals surface area (Å²) < 4.78 is 7.03. The zero-order chi connectivity index (χ0) is 13.2. The van der Waals surface area contributed by atoms with Crippen LogP contribution in [0.2, 0.25) is 0 Å². The standard InChI is InChI=1S/C11H12N6OS/c1-17-4-8(13-6-17)10-15-9(18-16-10)3-2-7-5-19-11(12)14-7/h4-6H,2-3H2,1H3,(H2,12,14). The van der Waals surface area contributed by atoms with Crippen molar-refractivity contribution < 1.29 is 4.52 Å². The molecule has 3 aromatic heterocycles. The van der Waals surface area contributed by atoms with Crippen LogP contribution in [-0.2, 0) is 19.9 Å². The maximum Gasteiger partial charge on any atom is 0.227 e. The van der Waals surface area contributed by atoms with Crippen molar-refractivity contribution in [1.29, 1.82) is 0 Å². The average molecular weight is 276 g/mol. The van der Waals surface area contributed by atoms with Crippen molar-refractivity contribution >= 4 is 16.5 Å². The Kier molecular flexibility index (Phi) is 3.00. The minimum Gasteiger partial charge on any atom is -0.375 e. The second-order valence-corrected chi connectivity index (χ2v) is 5.00. The Bertz CT molecular complexity index is 685. The Morgan fingerprint density at radius 2 is 2.26 bits per heavy atom. The van der Waals surface area contributed by atoms with E-state index in [0.717, 1.165) is 12.1 Å². The van der Waals surface area contributed by atoms with Gasteiger partial charge >= 0.3 is 0 Å². The van der Waals surface area contributed by atoms with Gasteiger partial charge < -0.3 is 14.8 Å². The summed E-state index contributed by atoms with van der Waals surface area (Å²) in [6.45, 7) is 0. The summed E-state index contributed by atoms with van der Waals surface area (Å²) in [6.07, 6.45) is 4.92. The quantitative estimate of drug-likeness (QED) is 0.771. The average Bonchev–Trinajstić information content (AvgIpc) is 3.07. The number of nitrogen functional groups attached to an aromatic ring is 1. The molecule has 0 saturated carbocycles. The number of thiazole rings is 1. The first-order valence-corrected chi connectivity index (χ1v) is 6.59. The molecule has 0 aromatic carbocycles. The van der Waals surface area contributed by atoms with Gasteiger partial charge in [-0.1, -0.05) is 5.16 Å². The molecule has 8 heteroatoms. The number of rotatable bonds is 4. The first-order chi connectivity index (χ1) is 9.20. The van der Waals surface area contributed by atoms with Gasteiger partial charge in [-0.25, -0.2) is 9.97 Å². The van der Waals surface area contributed by atoms with Crippen molar-refractivity contribution in [1.82, 2.24) is 24.7 Å². The van der Waals surface area contributed by atoms with Crippen LogP contribution in [0.3, 0.4) is 0 Å². The van der Waals surface area contributed by atoms with E-state index in [1.807, 2.05) is 23.2 Å². The van der Waals surface area contributed by atoms with Gasteiger partial charge in [0.15, 0.2) is 5.13 Å². The van der Waals surface area contributed by atoms with Crippen LogP contribution in [0.4, 0.5) is 5.13 Å². The maximum absolute atomic E-state index is 5.58. The number of aromatic nitrogens is 5. The molecule has 0 spiro atoms. The van der Waals surface area contributed by atoms with Gasteiger partial charge in [-0.3, -0.25) is 0 Å². The fourth-order valence-corrected chi connectivity index (χ4v) is 2.26. The number of imidazole rings is 1. The molecule has 0 radical (unpaired) electrons. The lowest BCUT2D eigenvalue weighted by atomic mass is 10.2. The lowest BCUT2D eigenvalue weighted by molar-refractivity contribution is 0.378. The second-order valence-electron chi connectivity index (χ2n) is 4.11. The fourth-order valence-electron chi connectivity index (χ4n) is 1.66. The minimum absolute atomic E-state index is 0.508. The first-order valence-electron chi connectivity index (χ1n) is 5.71. The lowest BCUT2D eigenvalue weighted by Gasteiger charge is -1.90. The molecule has 0 atom stereocenters. The highest BCUT2D eigenvalue weighted by atomic mass is 32.1. The van der Waals surface area contributed by atoms with E-state index in [-0.39, 0.29) is 0 Å². The van der Waals surface area contributed by atoms with Crippen LogP contribution >= 0.6 is 11.3 Å². The van der Waals surface area contributed by atoms with E-state index >= 15 is 0 Å². The molecule has 3 aromatic rings. The fraction of sp³-hybridized carbons (Fsp3) is 0.273. The molecule has 0 fully saturated rings. The molecule has 7 nitrogen and oxygen atoms in total. The van der Waals surface area contributed by atoms with Gasteiger partial charge in [0.2, 0.25) is 11.7 Å². The van der Waals surface area contributed by atoms with Gasteiger partial charge in [0, 0.05) is 25.0 Å². The highest BCUT2D eigenvalue weighted by molar-refractivity contribution is 7.13. The van der Waals surface area contributed by atoms with Crippen LogP contribution in [0.25, 0.3) is 11.5 Å². The van der Waals surface area contributed by atoms with E-state index in [4.69, 9.17) is 10.3 Å². The summed E-state index contributed by atoms with van der Waals surface area (Å²) >= 11 is 1.43.